The number of ether oxygens (including phenoxy) is 1. The quantitative estimate of drug-likeness (QED) is 0.588. The molecule has 2 aliphatic rings. The Hall–Kier alpha value is -1.98. The number of thiocarbonyl (C=S) groups is 1. The van der Waals surface area contributed by atoms with Gasteiger partial charge in [0.1, 0.15) is 11.9 Å². The third-order valence-electron chi connectivity index (χ3n) is 5.01. The fraction of sp³-hybridized carbons (Fsp3) is 0.556. The fourth-order valence-electron chi connectivity index (χ4n) is 3.47. The van der Waals surface area contributed by atoms with Crippen LogP contribution in [0.25, 0.3) is 0 Å². The molecule has 25 heavy (non-hydrogen) atoms. The van der Waals surface area contributed by atoms with E-state index in [9.17, 15) is 9.18 Å². The zero-order chi connectivity index (χ0) is 17.8. The van der Waals surface area contributed by atoms with Crippen molar-refractivity contribution in [1.29, 1.82) is 0 Å². The summed E-state index contributed by atoms with van der Waals surface area (Å²) >= 11 is 4.52. The zero-order valence-electron chi connectivity index (χ0n) is 14.3. The number of aliphatic imine (C=N–C) groups is 1. The minimum Gasteiger partial charge on any atom is -0.442 e. The SMILES string of the molecule is CCC1CCN(c2ccc(N3C[C@H](CN=C=S)OC3=O)cc2F)CC1. The van der Waals surface area contributed by atoms with Crippen LogP contribution in [-0.2, 0) is 4.74 Å². The second kappa shape index (κ2) is 7.93. The molecule has 0 N–H and O–H groups in total. The van der Waals surface area contributed by atoms with Crippen LogP contribution in [0.1, 0.15) is 26.2 Å². The molecule has 0 radical (unpaired) electrons. The van der Waals surface area contributed by atoms with Crippen molar-refractivity contribution < 1.29 is 13.9 Å². The highest BCUT2D eigenvalue weighted by Crippen LogP contribution is 2.31. The smallest absolute Gasteiger partial charge is 0.414 e. The molecule has 2 heterocycles. The predicted octanol–water partition coefficient (Wildman–Crippen LogP) is 3.88. The summed E-state index contributed by atoms with van der Waals surface area (Å²) in [5.41, 5.74) is 1.11. The van der Waals surface area contributed by atoms with Gasteiger partial charge in [-0.2, -0.15) is 0 Å². The Kier molecular flexibility index (Phi) is 5.66. The molecule has 2 fully saturated rings. The van der Waals surface area contributed by atoms with Gasteiger partial charge in [-0.1, -0.05) is 13.3 Å². The van der Waals surface area contributed by atoms with Gasteiger partial charge in [-0.25, -0.2) is 14.2 Å². The minimum absolute atomic E-state index is 0.276. The Labute approximate surface area is 152 Å². The summed E-state index contributed by atoms with van der Waals surface area (Å²) in [5, 5.41) is 2.26. The highest BCUT2D eigenvalue weighted by atomic mass is 32.1. The molecule has 3 rings (SSSR count). The monoisotopic (exact) mass is 363 g/mol. The van der Waals surface area contributed by atoms with E-state index < -0.39 is 6.09 Å². The number of hydrogen-bond donors (Lipinski definition) is 0. The molecule has 1 amide bonds. The molecule has 1 atom stereocenters. The number of cyclic esters (lactones) is 1. The van der Waals surface area contributed by atoms with Crippen LogP contribution in [0, 0.1) is 11.7 Å². The van der Waals surface area contributed by atoms with Crippen molar-refractivity contribution in [3.05, 3.63) is 24.0 Å². The number of anilines is 2. The van der Waals surface area contributed by atoms with Gasteiger partial charge in [0.2, 0.25) is 0 Å². The number of amides is 1. The number of halogens is 1. The largest absolute Gasteiger partial charge is 0.442 e. The van der Waals surface area contributed by atoms with Crippen molar-refractivity contribution >= 4 is 34.8 Å². The summed E-state index contributed by atoms with van der Waals surface area (Å²) in [7, 11) is 0. The summed E-state index contributed by atoms with van der Waals surface area (Å²) in [5.74, 6) is 0.436. The summed E-state index contributed by atoms with van der Waals surface area (Å²) in [6.07, 6.45) is 2.51. The van der Waals surface area contributed by atoms with Gasteiger partial charge < -0.3 is 9.64 Å². The molecule has 1 aromatic rings. The highest BCUT2D eigenvalue weighted by molar-refractivity contribution is 7.78. The molecular weight excluding hydrogens is 341 g/mol. The number of hydrogen-bond acceptors (Lipinski definition) is 5. The second-order valence-corrected chi connectivity index (χ2v) is 6.71. The number of isothiocyanates is 1. The number of nitrogens with zero attached hydrogens (tertiary/aromatic N) is 3. The Morgan fingerprint density at radius 3 is 2.80 bits per heavy atom. The summed E-state index contributed by atoms with van der Waals surface area (Å²) in [6.45, 7) is 4.56. The maximum atomic E-state index is 14.6. The summed E-state index contributed by atoms with van der Waals surface area (Å²) < 4.78 is 19.8. The van der Waals surface area contributed by atoms with Crippen LogP contribution in [0.2, 0.25) is 0 Å². The maximum Gasteiger partial charge on any atom is 0.414 e. The van der Waals surface area contributed by atoms with Crippen molar-refractivity contribution in [3.63, 3.8) is 0 Å². The molecule has 1 aromatic carbocycles. The number of piperidine rings is 1. The van der Waals surface area contributed by atoms with Gasteiger partial charge in [0.15, 0.2) is 0 Å². The van der Waals surface area contributed by atoms with Crippen LogP contribution in [0.3, 0.4) is 0 Å². The Morgan fingerprint density at radius 2 is 2.16 bits per heavy atom. The second-order valence-electron chi connectivity index (χ2n) is 6.52. The van der Waals surface area contributed by atoms with Gasteiger partial charge in [-0.3, -0.25) is 4.90 Å². The van der Waals surface area contributed by atoms with Crippen molar-refractivity contribution in [1.82, 2.24) is 0 Å². The molecule has 2 aliphatic heterocycles. The third kappa shape index (κ3) is 3.99. The third-order valence-corrected chi connectivity index (χ3v) is 5.14. The van der Waals surface area contributed by atoms with Crippen molar-refractivity contribution in [2.75, 3.05) is 36.0 Å². The number of carbonyl (C=O) groups excluding carboxylic acids is 1. The fourth-order valence-corrected chi connectivity index (χ4v) is 3.54. The number of benzene rings is 1. The average molecular weight is 363 g/mol. The van der Waals surface area contributed by atoms with Crippen molar-refractivity contribution in [2.24, 2.45) is 10.9 Å². The topological polar surface area (TPSA) is 45.1 Å². The van der Waals surface area contributed by atoms with Gasteiger partial charge in [-0.05, 0) is 49.2 Å². The Morgan fingerprint density at radius 1 is 1.40 bits per heavy atom. The minimum atomic E-state index is -0.486. The molecule has 0 aliphatic carbocycles. The lowest BCUT2D eigenvalue weighted by atomic mass is 9.94. The van der Waals surface area contributed by atoms with Gasteiger partial charge in [0.05, 0.1) is 29.6 Å². The normalized spacial score (nSPS) is 21.2. The lowest BCUT2D eigenvalue weighted by molar-refractivity contribution is 0.145. The van der Waals surface area contributed by atoms with Crippen LogP contribution in [0.4, 0.5) is 20.6 Å². The van der Waals surface area contributed by atoms with Gasteiger partial charge >= 0.3 is 6.09 Å². The summed E-state index contributed by atoms with van der Waals surface area (Å²) in [6, 6.07) is 4.94. The van der Waals surface area contributed by atoms with E-state index in [0.29, 0.717) is 17.9 Å². The van der Waals surface area contributed by atoms with Crippen molar-refractivity contribution in [3.8, 4) is 0 Å². The average Bonchev–Trinajstić information content (AvgIpc) is 3.00. The van der Waals surface area contributed by atoms with E-state index in [1.54, 1.807) is 12.1 Å². The van der Waals surface area contributed by atoms with E-state index in [1.807, 2.05) is 0 Å². The predicted molar refractivity (Wildman–Crippen MR) is 99.1 cm³/mol. The van der Waals surface area contributed by atoms with Crippen LogP contribution in [-0.4, -0.2) is 43.5 Å². The van der Waals surface area contributed by atoms with Gasteiger partial charge in [-0.15, -0.1) is 0 Å². The van der Waals surface area contributed by atoms with Crippen molar-refractivity contribution in [2.45, 2.75) is 32.3 Å². The van der Waals surface area contributed by atoms with E-state index in [1.165, 1.54) is 17.4 Å². The highest BCUT2D eigenvalue weighted by Gasteiger charge is 2.32. The van der Waals surface area contributed by atoms with Crippen LogP contribution in [0.5, 0.6) is 0 Å². The lowest BCUT2D eigenvalue weighted by Crippen LogP contribution is -2.34. The van der Waals surface area contributed by atoms with E-state index in [-0.39, 0.29) is 18.5 Å². The molecule has 134 valence electrons. The van der Waals surface area contributed by atoms with E-state index in [4.69, 9.17) is 4.74 Å². The van der Waals surface area contributed by atoms with Gasteiger partial charge in [0.25, 0.3) is 0 Å². The number of rotatable bonds is 5. The molecule has 0 unspecified atom stereocenters. The zero-order valence-corrected chi connectivity index (χ0v) is 15.1. The molecular formula is C18H22FN3O2S. The molecule has 0 spiro atoms. The first kappa shape index (κ1) is 17.8. The Bertz CT molecular complexity index is 685. The first-order valence-electron chi connectivity index (χ1n) is 8.68. The van der Waals surface area contributed by atoms with E-state index in [0.717, 1.165) is 31.8 Å². The van der Waals surface area contributed by atoms with Crippen LogP contribution in [0.15, 0.2) is 23.2 Å². The Balaban J connectivity index is 1.70. The molecule has 0 saturated carbocycles. The molecule has 7 heteroatoms. The summed E-state index contributed by atoms with van der Waals surface area (Å²) in [4.78, 5) is 19.3. The standard InChI is InChI=1S/C18H22FN3O2S/c1-2-13-5-7-21(8-6-13)17-4-3-14(9-16(17)19)22-11-15(10-20-12-25)24-18(22)23/h3-4,9,13,15H,2,5-8,10-11H2,1H3/t15-/m0/s1. The van der Waals surface area contributed by atoms with E-state index in [2.05, 4.69) is 34.2 Å². The van der Waals surface area contributed by atoms with Crippen LogP contribution < -0.4 is 9.80 Å². The van der Waals surface area contributed by atoms with Gasteiger partial charge in [0, 0.05) is 13.1 Å². The first-order chi connectivity index (χ1) is 12.1. The number of carbonyl (C=O) groups is 1. The molecule has 0 bridgehead atoms. The van der Waals surface area contributed by atoms with E-state index >= 15 is 0 Å². The first-order valence-corrected chi connectivity index (χ1v) is 9.09. The molecule has 5 nitrogen and oxygen atoms in total. The van der Waals surface area contributed by atoms with Crippen LogP contribution >= 0.6 is 12.2 Å². The molecule has 0 aromatic heterocycles. The molecule has 2 saturated heterocycles. The maximum absolute atomic E-state index is 14.6. The lowest BCUT2D eigenvalue weighted by Gasteiger charge is -2.33.